The van der Waals surface area contributed by atoms with Crippen molar-refractivity contribution in [1.82, 2.24) is 0 Å². The summed E-state index contributed by atoms with van der Waals surface area (Å²) < 4.78 is 38.9. The van der Waals surface area contributed by atoms with Crippen LogP contribution in [0, 0.1) is 0 Å². The summed E-state index contributed by atoms with van der Waals surface area (Å²) in [7, 11) is 0. The van der Waals surface area contributed by atoms with Crippen molar-refractivity contribution >= 4 is 34.4 Å². The van der Waals surface area contributed by atoms with Crippen LogP contribution in [0.15, 0.2) is 115 Å². The van der Waals surface area contributed by atoms with Crippen LogP contribution in [0.1, 0.15) is 15.9 Å². The minimum absolute atomic E-state index is 0.227. The van der Waals surface area contributed by atoms with Crippen LogP contribution in [0.4, 0.5) is 13.2 Å². The van der Waals surface area contributed by atoms with Crippen LogP contribution < -0.4 is 15.9 Å². The second kappa shape index (κ2) is 9.02. The number of alkyl halides is 3. The first-order chi connectivity index (χ1) is 15.4. The molecule has 0 amide bonds. The maximum absolute atomic E-state index is 13.4. The molecular formula is C27H20F3OP. The van der Waals surface area contributed by atoms with Crippen LogP contribution in [-0.2, 0) is 6.18 Å². The maximum atomic E-state index is 13.4. The first-order valence-corrected chi connectivity index (χ1v) is 11.9. The highest BCUT2D eigenvalue weighted by molar-refractivity contribution is 7.95. The van der Waals surface area contributed by atoms with E-state index in [0.29, 0.717) is 0 Å². The van der Waals surface area contributed by atoms with Crippen molar-refractivity contribution in [3.63, 3.8) is 0 Å². The third kappa shape index (κ3) is 4.32. The predicted octanol–water partition coefficient (Wildman–Crippen LogP) is 5.68. The lowest BCUT2D eigenvalue weighted by Gasteiger charge is -2.28. The van der Waals surface area contributed by atoms with Gasteiger partial charge in [-0.1, -0.05) is 103 Å². The largest absolute Gasteiger partial charge is 0.416 e. The van der Waals surface area contributed by atoms with Gasteiger partial charge in [-0.3, -0.25) is 4.79 Å². The minimum atomic E-state index is -4.44. The van der Waals surface area contributed by atoms with E-state index in [-0.39, 0.29) is 11.3 Å². The van der Waals surface area contributed by atoms with E-state index in [1.54, 1.807) is 5.80 Å². The zero-order chi connectivity index (χ0) is 22.6. The van der Waals surface area contributed by atoms with Crippen molar-refractivity contribution in [2.24, 2.45) is 0 Å². The number of Topliss-reactive ketones (excluding diaryl/α,β-unsaturated/α-hetero) is 1. The molecule has 4 aromatic carbocycles. The zero-order valence-electron chi connectivity index (χ0n) is 17.0. The van der Waals surface area contributed by atoms with Gasteiger partial charge in [0.1, 0.15) is 0 Å². The van der Waals surface area contributed by atoms with E-state index in [0.717, 1.165) is 28.0 Å². The number of carbonyl (C=O) groups excluding carboxylic acids is 1. The molecule has 0 aliphatic heterocycles. The first kappa shape index (κ1) is 21.9. The molecule has 0 fully saturated rings. The Morgan fingerprint density at radius 2 is 0.969 bits per heavy atom. The van der Waals surface area contributed by atoms with Crippen LogP contribution in [0.5, 0.6) is 0 Å². The SMILES string of the molecule is O=C(C=P(c1ccccc1)(c1ccccc1)c1ccccc1)c1ccc(C(F)(F)F)cc1. The lowest BCUT2D eigenvalue weighted by molar-refractivity contribution is -0.137. The van der Waals surface area contributed by atoms with Gasteiger partial charge in [0.25, 0.3) is 0 Å². The molecule has 0 saturated carbocycles. The summed E-state index contributed by atoms with van der Waals surface area (Å²) in [6.45, 7) is -2.52. The van der Waals surface area contributed by atoms with E-state index in [1.165, 1.54) is 12.1 Å². The molecular weight excluding hydrogens is 428 g/mol. The molecule has 0 spiro atoms. The Kier molecular flexibility index (Phi) is 6.16. The molecule has 0 bridgehead atoms. The summed E-state index contributed by atoms with van der Waals surface area (Å²) in [6, 6.07) is 33.8. The highest BCUT2D eigenvalue weighted by Crippen LogP contribution is 2.43. The van der Waals surface area contributed by atoms with Gasteiger partial charge in [-0.05, 0) is 40.7 Å². The standard InChI is InChI=1S/C27H20F3OP/c28-27(29,30)22-18-16-21(17-19-22)26(31)20-32(23-10-4-1-5-11-23,24-12-6-2-7-13-24)25-14-8-3-9-15-25/h1-20H. The summed E-state index contributed by atoms with van der Waals surface area (Å²) in [4.78, 5) is 13.4. The van der Waals surface area contributed by atoms with E-state index < -0.39 is 18.6 Å². The van der Waals surface area contributed by atoms with Crippen LogP contribution in [0.3, 0.4) is 0 Å². The highest BCUT2D eigenvalue weighted by Gasteiger charge is 2.31. The van der Waals surface area contributed by atoms with Gasteiger partial charge in [-0.25, -0.2) is 0 Å². The molecule has 0 saturated heterocycles. The summed E-state index contributed by atoms with van der Waals surface area (Å²) in [5.41, 5.74) is -0.547. The van der Waals surface area contributed by atoms with E-state index in [9.17, 15) is 18.0 Å². The average molecular weight is 448 g/mol. The Labute approximate surface area is 185 Å². The molecule has 32 heavy (non-hydrogen) atoms. The monoisotopic (exact) mass is 448 g/mol. The molecule has 0 unspecified atom stereocenters. The molecule has 5 heteroatoms. The Morgan fingerprint density at radius 3 is 1.31 bits per heavy atom. The van der Waals surface area contributed by atoms with Gasteiger partial charge in [0.05, 0.1) is 5.56 Å². The topological polar surface area (TPSA) is 17.1 Å². The fourth-order valence-electron chi connectivity index (χ4n) is 3.73. The van der Waals surface area contributed by atoms with Crippen molar-refractivity contribution in [2.75, 3.05) is 0 Å². The zero-order valence-corrected chi connectivity index (χ0v) is 17.9. The van der Waals surface area contributed by atoms with Crippen molar-refractivity contribution in [3.05, 3.63) is 126 Å². The Bertz CT molecular complexity index is 1140. The van der Waals surface area contributed by atoms with Gasteiger partial charge in [0.2, 0.25) is 0 Å². The van der Waals surface area contributed by atoms with Crippen LogP contribution in [-0.4, -0.2) is 11.6 Å². The molecule has 0 N–H and O–H groups in total. The Morgan fingerprint density at radius 1 is 0.594 bits per heavy atom. The van der Waals surface area contributed by atoms with E-state index >= 15 is 0 Å². The van der Waals surface area contributed by atoms with Crippen LogP contribution >= 0.6 is 6.89 Å². The van der Waals surface area contributed by atoms with Gasteiger partial charge in [-0.2, -0.15) is 13.2 Å². The fraction of sp³-hybridized carbons (Fsp3) is 0.0370. The van der Waals surface area contributed by atoms with Gasteiger partial charge < -0.3 is 0 Å². The molecule has 0 radical (unpaired) electrons. The van der Waals surface area contributed by atoms with Crippen LogP contribution in [0.25, 0.3) is 0 Å². The molecule has 0 heterocycles. The Balaban J connectivity index is 1.97. The second-order valence-electron chi connectivity index (χ2n) is 7.30. The molecule has 0 aliphatic carbocycles. The number of hydrogen-bond donors (Lipinski definition) is 0. The number of ketones is 1. The molecule has 0 aliphatic rings. The smallest absolute Gasteiger partial charge is 0.289 e. The average Bonchev–Trinajstić information content (AvgIpc) is 2.83. The number of halogens is 3. The summed E-state index contributed by atoms with van der Waals surface area (Å²) >= 11 is 0. The second-order valence-corrected chi connectivity index (χ2v) is 10.6. The number of hydrogen-bond acceptors (Lipinski definition) is 1. The molecule has 1 nitrogen and oxygen atoms in total. The van der Waals surface area contributed by atoms with Crippen LogP contribution in [0.2, 0.25) is 0 Å². The van der Waals surface area contributed by atoms with Crippen molar-refractivity contribution in [1.29, 1.82) is 0 Å². The lowest BCUT2D eigenvalue weighted by Crippen LogP contribution is -2.28. The number of benzene rings is 4. The molecule has 0 atom stereocenters. The predicted molar refractivity (Wildman–Crippen MR) is 127 cm³/mol. The van der Waals surface area contributed by atoms with Crippen molar-refractivity contribution in [3.8, 4) is 0 Å². The molecule has 4 aromatic rings. The highest BCUT2D eigenvalue weighted by atomic mass is 31.2. The molecule has 0 aromatic heterocycles. The van der Waals surface area contributed by atoms with Crippen molar-refractivity contribution < 1.29 is 18.0 Å². The van der Waals surface area contributed by atoms with E-state index in [2.05, 4.69) is 0 Å². The minimum Gasteiger partial charge on any atom is -0.289 e. The first-order valence-electron chi connectivity index (χ1n) is 10.0. The van der Waals surface area contributed by atoms with Gasteiger partial charge >= 0.3 is 6.18 Å². The Hall–Kier alpha value is -3.36. The quantitative estimate of drug-likeness (QED) is 0.283. The fourth-order valence-corrected chi connectivity index (χ4v) is 7.50. The normalized spacial score (nSPS) is 11.7. The molecule has 160 valence electrons. The number of carbonyl (C=O) groups is 1. The molecule has 4 rings (SSSR count). The number of rotatable bonds is 5. The van der Waals surface area contributed by atoms with Gasteiger partial charge in [-0.15, -0.1) is 0 Å². The maximum Gasteiger partial charge on any atom is 0.416 e. The summed E-state index contributed by atoms with van der Waals surface area (Å²) in [5, 5.41) is 2.99. The van der Waals surface area contributed by atoms with Gasteiger partial charge in [0, 0.05) is 5.56 Å². The van der Waals surface area contributed by atoms with E-state index in [4.69, 9.17) is 0 Å². The van der Waals surface area contributed by atoms with Gasteiger partial charge in [0.15, 0.2) is 5.78 Å². The third-order valence-corrected chi connectivity index (χ3v) is 9.26. The van der Waals surface area contributed by atoms with Crippen molar-refractivity contribution in [2.45, 2.75) is 6.18 Å². The van der Waals surface area contributed by atoms with E-state index in [1.807, 2.05) is 91.0 Å². The third-order valence-electron chi connectivity index (χ3n) is 5.30. The summed E-state index contributed by atoms with van der Waals surface area (Å²) in [6.07, 6.45) is -4.44. The lowest BCUT2D eigenvalue weighted by atomic mass is 10.1. The summed E-state index contributed by atoms with van der Waals surface area (Å²) in [5.74, 6) is 1.42.